The number of nitrogens with zero attached hydrogens (tertiary/aromatic N) is 1. The minimum Gasteiger partial charge on any atom is -0.375 e. The van der Waals surface area contributed by atoms with Crippen molar-refractivity contribution >= 4 is 10.2 Å². The lowest BCUT2D eigenvalue weighted by atomic mass is 10.1. The van der Waals surface area contributed by atoms with Gasteiger partial charge in [0.05, 0.1) is 12.7 Å². The zero-order valence-electron chi connectivity index (χ0n) is 12.9. The second kappa shape index (κ2) is 6.87. The first-order valence-corrected chi connectivity index (χ1v) is 8.76. The summed E-state index contributed by atoms with van der Waals surface area (Å²) in [6.45, 7) is 7.04. The minimum atomic E-state index is -3.44. The van der Waals surface area contributed by atoms with E-state index in [0.717, 1.165) is 5.56 Å². The largest absolute Gasteiger partial charge is 0.375 e. The average Bonchev–Trinajstić information content (AvgIpc) is 2.41. The summed E-state index contributed by atoms with van der Waals surface area (Å²) < 4.78 is 34.4. The van der Waals surface area contributed by atoms with Crippen LogP contribution in [-0.2, 0) is 21.4 Å². The van der Waals surface area contributed by atoms with Crippen molar-refractivity contribution in [2.75, 3.05) is 19.7 Å². The molecule has 0 amide bonds. The van der Waals surface area contributed by atoms with Crippen molar-refractivity contribution in [3.63, 3.8) is 0 Å². The van der Waals surface area contributed by atoms with E-state index in [0.29, 0.717) is 26.1 Å². The summed E-state index contributed by atoms with van der Waals surface area (Å²) >= 11 is 0. The number of morpholine rings is 1. The van der Waals surface area contributed by atoms with Crippen LogP contribution >= 0.6 is 0 Å². The molecule has 1 heterocycles. The highest BCUT2D eigenvalue weighted by molar-refractivity contribution is 7.87. The molecule has 0 saturated carbocycles. The number of nitrogens with one attached hydrogen (secondary N) is 1. The first kappa shape index (κ1) is 16.4. The molecule has 6 heteroatoms. The van der Waals surface area contributed by atoms with Gasteiger partial charge in [-0.05, 0) is 32.8 Å². The van der Waals surface area contributed by atoms with E-state index >= 15 is 0 Å². The van der Waals surface area contributed by atoms with E-state index in [1.165, 1.54) is 9.87 Å². The normalized spacial score (nSPS) is 24.1. The molecule has 0 bridgehead atoms. The molecule has 2 atom stereocenters. The van der Waals surface area contributed by atoms with Gasteiger partial charge in [-0.25, -0.2) is 4.72 Å². The first-order valence-electron chi connectivity index (χ1n) is 7.32. The number of benzene rings is 1. The van der Waals surface area contributed by atoms with Crippen LogP contribution in [0.2, 0.25) is 0 Å². The number of hydrogen-bond acceptors (Lipinski definition) is 3. The lowest BCUT2D eigenvalue weighted by Gasteiger charge is -2.35. The topological polar surface area (TPSA) is 58.6 Å². The van der Waals surface area contributed by atoms with E-state index < -0.39 is 10.2 Å². The Balaban J connectivity index is 1.92. The third-order valence-corrected chi connectivity index (χ3v) is 5.34. The smallest absolute Gasteiger partial charge is 0.279 e. The Kier molecular flexibility index (Phi) is 5.37. The Morgan fingerprint density at radius 2 is 2.14 bits per heavy atom. The van der Waals surface area contributed by atoms with Crippen molar-refractivity contribution in [1.29, 1.82) is 0 Å². The van der Waals surface area contributed by atoms with Gasteiger partial charge in [0.2, 0.25) is 0 Å². The maximum atomic E-state index is 12.4. The van der Waals surface area contributed by atoms with Crippen LogP contribution in [0.1, 0.15) is 25.0 Å². The van der Waals surface area contributed by atoms with Gasteiger partial charge in [-0.15, -0.1) is 0 Å². The molecule has 1 fully saturated rings. The molecule has 0 radical (unpaired) electrons. The fraction of sp³-hybridized carbons (Fsp3) is 0.600. The van der Waals surface area contributed by atoms with E-state index in [1.807, 2.05) is 39.0 Å². The van der Waals surface area contributed by atoms with Gasteiger partial charge in [0.25, 0.3) is 10.2 Å². The van der Waals surface area contributed by atoms with Gasteiger partial charge in [-0.3, -0.25) is 0 Å². The van der Waals surface area contributed by atoms with Gasteiger partial charge >= 0.3 is 0 Å². The van der Waals surface area contributed by atoms with Crippen molar-refractivity contribution in [1.82, 2.24) is 9.03 Å². The number of aryl methyl sites for hydroxylation is 1. The molecule has 5 nitrogen and oxygen atoms in total. The molecule has 1 aromatic carbocycles. The van der Waals surface area contributed by atoms with E-state index in [-0.39, 0.29) is 12.1 Å². The third-order valence-electron chi connectivity index (χ3n) is 3.64. The van der Waals surface area contributed by atoms with Crippen molar-refractivity contribution in [3.05, 3.63) is 35.4 Å². The van der Waals surface area contributed by atoms with Gasteiger partial charge in [-0.1, -0.05) is 29.8 Å². The second-order valence-electron chi connectivity index (χ2n) is 5.70. The molecule has 0 aliphatic carbocycles. The molecule has 1 N–H and O–H groups in total. The predicted octanol–water partition coefficient (Wildman–Crippen LogP) is 1.48. The van der Waals surface area contributed by atoms with Gasteiger partial charge in [0, 0.05) is 19.1 Å². The van der Waals surface area contributed by atoms with Crippen LogP contribution in [-0.4, -0.2) is 44.6 Å². The maximum Gasteiger partial charge on any atom is 0.279 e. The van der Waals surface area contributed by atoms with E-state index in [2.05, 4.69) is 10.8 Å². The molecule has 0 unspecified atom stereocenters. The van der Waals surface area contributed by atoms with Crippen molar-refractivity contribution in [2.24, 2.45) is 0 Å². The van der Waals surface area contributed by atoms with Crippen LogP contribution in [0, 0.1) is 6.92 Å². The molecule has 1 aliphatic heterocycles. The fourth-order valence-corrected chi connectivity index (χ4v) is 3.95. The van der Waals surface area contributed by atoms with Gasteiger partial charge in [0.15, 0.2) is 0 Å². The first-order chi connectivity index (χ1) is 9.88. The average molecular weight is 312 g/mol. The molecule has 0 spiro atoms. The molecule has 0 aromatic heterocycles. The standard InChI is InChI=1S/C15H24N2O3S/c1-12-5-4-6-15(9-12)7-8-16-21(18,19)17-10-14(3)20-11-13(17)2/h4-6,9,13-14,16H,7-8,10-11H2,1-3H3/t13-,14-/m1/s1. The summed E-state index contributed by atoms with van der Waals surface area (Å²) in [5.74, 6) is 0. The Labute approximate surface area is 127 Å². The van der Waals surface area contributed by atoms with Crippen molar-refractivity contribution < 1.29 is 13.2 Å². The quantitative estimate of drug-likeness (QED) is 0.896. The molecule has 2 rings (SSSR count). The van der Waals surface area contributed by atoms with Gasteiger partial charge in [-0.2, -0.15) is 12.7 Å². The highest BCUT2D eigenvalue weighted by atomic mass is 32.2. The lowest BCUT2D eigenvalue weighted by Crippen LogP contribution is -2.54. The summed E-state index contributed by atoms with van der Waals surface area (Å²) in [5, 5.41) is 0. The molecule has 118 valence electrons. The zero-order chi connectivity index (χ0) is 15.5. The summed E-state index contributed by atoms with van der Waals surface area (Å²) in [6.07, 6.45) is 0.629. The molecule has 1 aromatic rings. The Morgan fingerprint density at radius 3 is 2.86 bits per heavy atom. The zero-order valence-corrected chi connectivity index (χ0v) is 13.7. The monoisotopic (exact) mass is 312 g/mol. The van der Waals surface area contributed by atoms with Crippen LogP contribution in [0.15, 0.2) is 24.3 Å². The van der Waals surface area contributed by atoms with Crippen molar-refractivity contribution in [2.45, 2.75) is 39.3 Å². The molecular weight excluding hydrogens is 288 g/mol. The summed E-state index contributed by atoms with van der Waals surface area (Å²) in [5.41, 5.74) is 2.33. The molecule has 1 saturated heterocycles. The lowest BCUT2D eigenvalue weighted by molar-refractivity contribution is -0.0174. The number of rotatable bonds is 5. The number of ether oxygens (including phenoxy) is 1. The number of hydrogen-bond donors (Lipinski definition) is 1. The van der Waals surface area contributed by atoms with Crippen molar-refractivity contribution in [3.8, 4) is 0 Å². The predicted molar refractivity (Wildman–Crippen MR) is 83.4 cm³/mol. The summed E-state index contributed by atoms with van der Waals surface area (Å²) in [6, 6.07) is 7.99. The minimum absolute atomic E-state index is 0.0606. The summed E-state index contributed by atoms with van der Waals surface area (Å²) in [7, 11) is -3.44. The van der Waals surface area contributed by atoms with E-state index in [9.17, 15) is 8.42 Å². The maximum absolute atomic E-state index is 12.4. The highest BCUT2D eigenvalue weighted by Gasteiger charge is 2.32. The van der Waals surface area contributed by atoms with Crippen LogP contribution in [0.3, 0.4) is 0 Å². The van der Waals surface area contributed by atoms with Crippen LogP contribution < -0.4 is 4.72 Å². The van der Waals surface area contributed by atoms with E-state index in [4.69, 9.17) is 4.74 Å². The van der Waals surface area contributed by atoms with Crippen LogP contribution in [0.25, 0.3) is 0 Å². The van der Waals surface area contributed by atoms with Gasteiger partial charge < -0.3 is 4.74 Å². The Hall–Kier alpha value is -0.950. The molecule has 1 aliphatic rings. The van der Waals surface area contributed by atoms with Gasteiger partial charge in [0.1, 0.15) is 0 Å². The van der Waals surface area contributed by atoms with Crippen LogP contribution in [0.4, 0.5) is 0 Å². The fourth-order valence-electron chi connectivity index (χ4n) is 2.48. The molecule has 21 heavy (non-hydrogen) atoms. The highest BCUT2D eigenvalue weighted by Crippen LogP contribution is 2.14. The summed E-state index contributed by atoms with van der Waals surface area (Å²) in [4.78, 5) is 0. The van der Waals surface area contributed by atoms with Crippen LogP contribution in [0.5, 0.6) is 0 Å². The molecular formula is C15H24N2O3S. The third kappa shape index (κ3) is 4.51. The van der Waals surface area contributed by atoms with E-state index in [1.54, 1.807) is 0 Å². The Morgan fingerprint density at radius 1 is 1.38 bits per heavy atom. The SMILES string of the molecule is Cc1cccc(CCNS(=O)(=O)N2C[C@@H](C)OC[C@H]2C)c1. The Bertz CT molecular complexity index is 574. The second-order valence-corrected chi connectivity index (χ2v) is 7.41.